The van der Waals surface area contributed by atoms with E-state index in [9.17, 15) is 4.79 Å². The fourth-order valence-electron chi connectivity index (χ4n) is 5.97. The van der Waals surface area contributed by atoms with Gasteiger partial charge in [-0.15, -0.1) is 0 Å². The number of fused-ring (bicyclic) bond motifs is 2. The molecule has 3 aliphatic rings. The number of rotatable bonds is 7. The summed E-state index contributed by atoms with van der Waals surface area (Å²) in [6, 6.07) is 18.3. The van der Waals surface area contributed by atoms with Gasteiger partial charge in [0.05, 0.1) is 31.0 Å². The molecule has 2 aromatic carbocycles. The predicted octanol–water partition coefficient (Wildman–Crippen LogP) is 3.97. The van der Waals surface area contributed by atoms with E-state index in [-0.39, 0.29) is 6.03 Å². The van der Waals surface area contributed by atoms with E-state index in [0.717, 1.165) is 81.5 Å². The minimum atomic E-state index is -0.278. The number of urea groups is 1. The molecule has 4 heterocycles. The van der Waals surface area contributed by atoms with Crippen LogP contribution in [0.15, 0.2) is 54.6 Å². The highest BCUT2D eigenvalue weighted by molar-refractivity contribution is 5.99. The summed E-state index contributed by atoms with van der Waals surface area (Å²) in [5.41, 5.74) is 4.55. The van der Waals surface area contributed by atoms with Crippen molar-refractivity contribution in [3.05, 3.63) is 60.3 Å². The molecule has 2 unspecified atom stereocenters. The maximum Gasteiger partial charge on any atom is 0.323 e. The van der Waals surface area contributed by atoms with Gasteiger partial charge in [-0.3, -0.25) is 0 Å². The lowest BCUT2D eigenvalue weighted by atomic mass is 10.1. The molecule has 6 rings (SSSR count). The standard InChI is InChI=1S/C31H40N8O2/c1-36(2)19-25-18-29(39-27-12-13-28(39)21-41-20-27)35-30(32-25)22-4-6-23(7-5-22)33-31(40)34-24-8-10-26(11-9-24)38-16-14-37(3)15-17-38/h4-11,18,27-28H,12-17,19-21H2,1-3H3,(H2,33,34,40). The van der Waals surface area contributed by atoms with Crippen LogP contribution in [0.4, 0.5) is 27.7 Å². The second kappa shape index (κ2) is 12.0. The Morgan fingerprint density at radius 1 is 0.902 bits per heavy atom. The Hall–Kier alpha value is -3.73. The molecule has 2 bridgehead atoms. The van der Waals surface area contributed by atoms with Gasteiger partial charge in [-0.1, -0.05) is 0 Å². The number of carbonyl (C=O) groups is 1. The Morgan fingerprint density at radius 2 is 1.51 bits per heavy atom. The lowest BCUT2D eigenvalue weighted by Gasteiger charge is -2.36. The largest absolute Gasteiger partial charge is 0.377 e. The molecule has 1 aromatic heterocycles. The minimum Gasteiger partial charge on any atom is -0.377 e. The molecule has 41 heavy (non-hydrogen) atoms. The first-order chi connectivity index (χ1) is 19.9. The van der Waals surface area contributed by atoms with Crippen LogP contribution in [0.25, 0.3) is 11.4 Å². The molecule has 3 aliphatic heterocycles. The number of piperazine rings is 1. The third-order valence-corrected chi connectivity index (χ3v) is 8.14. The second-order valence-electron chi connectivity index (χ2n) is 11.6. The van der Waals surface area contributed by atoms with E-state index in [2.05, 4.69) is 55.5 Å². The van der Waals surface area contributed by atoms with Crippen LogP contribution in [-0.4, -0.2) is 98.4 Å². The summed E-state index contributed by atoms with van der Waals surface area (Å²) in [5, 5.41) is 5.87. The molecule has 0 saturated carbocycles. The Bertz CT molecular complexity index is 1320. The van der Waals surface area contributed by atoms with Crippen LogP contribution in [-0.2, 0) is 11.3 Å². The zero-order valence-electron chi connectivity index (χ0n) is 24.2. The third kappa shape index (κ3) is 6.45. The van der Waals surface area contributed by atoms with Crippen LogP contribution in [0.2, 0.25) is 0 Å². The third-order valence-electron chi connectivity index (χ3n) is 8.14. The van der Waals surface area contributed by atoms with Crippen molar-refractivity contribution in [3.8, 4) is 11.4 Å². The molecule has 3 fully saturated rings. The lowest BCUT2D eigenvalue weighted by Crippen LogP contribution is -2.46. The Labute approximate surface area is 242 Å². The normalized spacial score (nSPS) is 20.9. The molecule has 0 radical (unpaired) electrons. The second-order valence-corrected chi connectivity index (χ2v) is 11.6. The predicted molar refractivity (Wildman–Crippen MR) is 164 cm³/mol. The van der Waals surface area contributed by atoms with E-state index in [1.165, 1.54) is 5.69 Å². The number of ether oxygens (including phenoxy) is 1. The monoisotopic (exact) mass is 556 g/mol. The van der Waals surface area contributed by atoms with Gasteiger partial charge in [-0.25, -0.2) is 14.8 Å². The minimum absolute atomic E-state index is 0.278. The van der Waals surface area contributed by atoms with Gasteiger partial charge in [0.2, 0.25) is 0 Å². The van der Waals surface area contributed by atoms with Crippen molar-refractivity contribution in [2.75, 3.05) is 81.0 Å². The quantitative estimate of drug-likeness (QED) is 0.452. The first-order valence-corrected chi connectivity index (χ1v) is 14.5. The molecule has 3 saturated heterocycles. The number of carbonyl (C=O) groups excluding carboxylic acids is 1. The number of morpholine rings is 1. The van der Waals surface area contributed by atoms with E-state index in [1.807, 2.05) is 50.5 Å². The highest BCUT2D eigenvalue weighted by Crippen LogP contribution is 2.34. The molecule has 216 valence electrons. The summed E-state index contributed by atoms with van der Waals surface area (Å²) in [5.74, 6) is 1.67. The molecular formula is C31H40N8O2. The number of nitrogens with one attached hydrogen (secondary N) is 2. The SMILES string of the molecule is CN(C)Cc1cc(N2C3CCC2COC3)nc(-c2ccc(NC(=O)Nc3ccc(N4CCN(C)CC4)cc3)cc2)n1. The Balaban J connectivity index is 1.12. The smallest absolute Gasteiger partial charge is 0.323 e. The van der Waals surface area contributed by atoms with Crippen LogP contribution in [0.1, 0.15) is 18.5 Å². The van der Waals surface area contributed by atoms with Gasteiger partial charge in [-0.05, 0) is 82.5 Å². The van der Waals surface area contributed by atoms with Gasteiger partial charge in [0.25, 0.3) is 0 Å². The molecule has 2 amide bonds. The molecular weight excluding hydrogens is 516 g/mol. The van der Waals surface area contributed by atoms with E-state index >= 15 is 0 Å². The Morgan fingerprint density at radius 3 is 2.12 bits per heavy atom. The Kier molecular flexibility index (Phi) is 8.04. The molecule has 10 heteroatoms. The molecule has 0 spiro atoms. The molecule has 10 nitrogen and oxygen atoms in total. The number of nitrogens with zero attached hydrogens (tertiary/aromatic N) is 6. The maximum atomic E-state index is 12.7. The first-order valence-electron chi connectivity index (χ1n) is 14.5. The highest BCUT2D eigenvalue weighted by atomic mass is 16.5. The van der Waals surface area contributed by atoms with Crippen molar-refractivity contribution in [2.24, 2.45) is 0 Å². The number of aromatic nitrogens is 2. The van der Waals surface area contributed by atoms with Gasteiger partial charge < -0.3 is 35.0 Å². The molecule has 2 atom stereocenters. The van der Waals surface area contributed by atoms with Crippen LogP contribution in [0.5, 0.6) is 0 Å². The average molecular weight is 557 g/mol. The molecule has 3 aromatic rings. The average Bonchev–Trinajstić information content (AvgIpc) is 3.21. The van der Waals surface area contributed by atoms with Gasteiger partial charge in [0.15, 0.2) is 5.82 Å². The van der Waals surface area contributed by atoms with Crippen LogP contribution in [0.3, 0.4) is 0 Å². The topological polar surface area (TPSA) is 89.1 Å². The van der Waals surface area contributed by atoms with Crippen molar-refractivity contribution in [1.82, 2.24) is 19.8 Å². The summed E-state index contributed by atoms with van der Waals surface area (Å²) in [7, 11) is 6.25. The van der Waals surface area contributed by atoms with Gasteiger partial charge in [-0.2, -0.15) is 0 Å². The number of hydrogen-bond donors (Lipinski definition) is 2. The molecule has 0 aliphatic carbocycles. The van der Waals surface area contributed by atoms with Crippen molar-refractivity contribution in [1.29, 1.82) is 0 Å². The zero-order chi connectivity index (χ0) is 28.3. The van der Waals surface area contributed by atoms with E-state index in [4.69, 9.17) is 14.7 Å². The first kappa shape index (κ1) is 27.4. The summed E-state index contributed by atoms with van der Waals surface area (Å²) < 4.78 is 5.80. The summed E-state index contributed by atoms with van der Waals surface area (Å²) in [4.78, 5) is 31.9. The summed E-state index contributed by atoms with van der Waals surface area (Å²) in [6.45, 7) is 6.39. The van der Waals surface area contributed by atoms with Gasteiger partial charge in [0, 0.05) is 61.4 Å². The number of hydrogen-bond acceptors (Lipinski definition) is 8. The number of benzene rings is 2. The summed E-state index contributed by atoms with van der Waals surface area (Å²) >= 11 is 0. The highest BCUT2D eigenvalue weighted by Gasteiger charge is 2.38. The zero-order valence-corrected chi connectivity index (χ0v) is 24.2. The van der Waals surface area contributed by atoms with Gasteiger partial charge >= 0.3 is 6.03 Å². The maximum absolute atomic E-state index is 12.7. The number of amides is 2. The van der Waals surface area contributed by atoms with Crippen LogP contribution < -0.4 is 20.4 Å². The van der Waals surface area contributed by atoms with E-state index < -0.39 is 0 Å². The van der Waals surface area contributed by atoms with Crippen molar-refractivity contribution < 1.29 is 9.53 Å². The number of likely N-dealkylation sites (N-methyl/N-ethyl adjacent to an activating group) is 1. The lowest BCUT2D eigenvalue weighted by molar-refractivity contribution is 0.0902. The van der Waals surface area contributed by atoms with Crippen molar-refractivity contribution in [3.63, 3.8) is 0 Å². The van der Waals surface area contributed by atoms with E-state index in [0.29, 0.717) is 23.6 Å². The fourth-order valence-corrected chi connectivity index (χ4v) is 5.97. The molecule has 2 N–H and O–H groups in total. The van der Waals surface area contributed by atoms with E-state index in [1.54, 1.807) is 0 Å². The van der Waals surface area contributed by atoms with Crippen molar-refractivity contribution >= 4 is 28.9 Å². The fraction of sp³-hybridized carbons (Fsp3) is 0.452. The van der Waals surface area contributed by atoms with Crippen molar-refractivity contribution in [2.45, 2.75) is 31.5 Å². The van der Waals surface area contributed by atoms with Gasteiger partial charge in [0.1, 0.15) is 5.82 Å². The van der Waals surface area contributed by atoms with Crippen LogP contribution >= 0.6 is 0 Å². The van der Waals surface area contributed by atoms with Crippen LogP contribution in [0, 0.1) is 0 Å². The number of anilines is 4. The summed E-state index contributed by atoms with van der Waals surface area (Å²) in [6.07, 6.45) is 2.27.